The van der Waals surface area contributed by atoms with Crippen LogP contribution in [0.3, 0.4) is 0 Å². The van der Waals surface area contributed by atoms with Gasteiger partial charge in [0.05, 0.1) is 36.0 Å². The maximum Gasteiger partial charge on any atom is 0.264 e. The zero-order valence-corrected chi connectivity index (χ0v) is 24.9. The third kappa shape index (κ3) is 7.59. The third-order valence-electron chi connectivity index (χ3n) is 6.15. The zero-order valence-electron chi connectivity index (χ0n) is 23.3. The van der Waals surface area contributed by atoms with Crippen LogP contribution in [0.5, 0.6) is 17.2 Å². The van der Waals surface area contributed by atoms with E-state index in [-0.39, 0.29) is 15.6 Å². The molecule has 42 heavy (non-hydrogen) atoms. The van der Waals surface area contributed by atoms with E-state index in [1.807, 2.05) is 37.3 Å². The quantitative estimate of drug-likeness (QED) is 0.166. The number of nitrogens with one attached hydrogen (secondary N) is 1. The van der Waals surface area contributed by atoms with Gasteiger partial charge in [-0.1, -0.05) is 59.6 Å². The van der Waals surface area contributed by atoms with Gasteiger partial charge in [-0.2, -0.15) is 5.10 Å². The van der Waals surface area contributed by atoms with Crippen LogP contribution < -0.4 is 23.9 Å². The highest BCUT2D eigenvalue weighted by atomic mass is 35.5. The number of aryl methyl sites for hydroxylation is 1. The monoisotopic (exact) mass is 607 g/mol. The summed E-state index contributed by atoms with van der Waals surface area (Å²) in [6, 6.07) is 25.8. The molecule has 11 heteroatoms. The molecule has 0 aromatic heterocycles. The highest BCUT2D eigenvalue weighted by Crippen LogP contribution is 2.32. The van der Waals surface area contributed by atoms with Gasteiger partial charge in [-0.05, 0) is 66.6 Å². The van der Waals surface area contributed by atoms with E-state index < -0.39 is 22.5 Å². The molecule has 0 bridgehead atoms. The summed E-state index contributed by atoms with van der Waals surface area (Å²) in [6.07, 6.45) is 1.42. The van der Waals surface area contributed by atoms with Crippen LogP contribution in [0.25, 0.3) is 0 Å². The van der Waals surface area contributed by atoms with E-state index in [2.05, 4.69) is 10.5 Å². The number of benzene rings is 4. The summed E-state index contributed by atoms with van der Waals surface area (Å²) in [5.41, 5.74) is 5.13. The Labute approximate surface area is 250 Å². The number of ether oxygens (including phenoxy) is 3. The topological polar surface area (TPSA) is 107 Å². The summed E-state index contributed by atoms with van der Waals surface area (Å²) in [4.78, 5) is 12.9. The van der Waals surface area contributed by atoms with Crippen molar-refractivity contribution in [3.05, 3.63) is 113 Å². The van der Waals surface area contributed by atoms with Gasteiger partial charge in [0.25, 0.3) is 15.9 Å². The molecule has 0 fully saturated rings. The van der Waals surface area contributed by atoms with Gasteiger partial charge in [0.15, 0.2) is 11.5 Å². The van der Waals surface area contributed by atoms with Crippen LogP contribution in [-0.4, -0.2) is 41.3 Å². The number of carbonyl (C=O) groups is 1. The first-order chi connectivity index (χ1) is 20.2. The average Bonchev–Trinajstić information content (AvgIpc) is 2.99. The number of hydrogen-bond donors (Lipinski definition) is 1. The minimum atomic E-state index is -4.13. The van der Waals surface area contributed by atoms with Crippen LogP contribution in [0, 0.1) is 6.92 Å². The number of sulfonamides is 1. The number of halogens is 1. The molecule has 0 atom stereocenters. The Morgan fingerprint density at radius 3 is 2.26 bits per heavy atom. The summed E-state index contributed by atoms with van der Waals surface area (Å²) >= 11 is 6.28. The van der Waals surface area contributed by atoms with Crippen molar-refractivity contribution in [2.45, 2.75) is 18.4 Å². The molecule has 4 aromatic rings. The van der Waals surface area contributed by atoms with Crippen LogP contribution in [0.4, 0.5) is 5.69 Å². The average molecular weight is 608 g/mol. The maximum atomic E-state index is 13.6. The molecule has 0 aliphatic heterocycles. The molecule has 0 saturated carbocycles. The fraction of sp³-hybridized carbons (Fsp3) is 0.161. The lowest BCUT2D eigenvalue weighted by Gasteiger charge is -2.24. The van der Waals surface area contributed by atoms with Crippen molar-refractivity contribution in [2.24, 2.45) is 5.10 Å². The second kappa shape index (κ2) is 13.9. The highest BCUT2D eigenvalue weighted by molar-refractivity contribution is 7.92. The van der Waals surface area contributed by atoms with E-state index in [1.54, 1.807) is 30.3 Å². The summed E-state index contributed by atoms with van der Waals surface area (Å²) in [7, 11) is -1.15. The predicted octanol–water partition coefficient (Wildman–Crippen LogP) is 5.59. The van der Waals surface area contributed by atoms with E-state index in [4.69, 9.17) is 25.8 Å². The largest absolute Gasteiger partial charge is 0.495 e. The molecule has 0 aliphatic rings. The van der Waals surface area contributed by atoms with Crippen LogP contribution in [0.15, 0.2) is 101 Å². The molecule has 9 nitrogen and oxygen atoms in total. The zero-order chi connectivity index (χ0) is 30.1. The molecule has 0 heterocycles. The summed E-state index contributed by atoms with van der Waals surface area (Å²) in [6.45, 7) is 1.68. The normalized spacial score (nSPS) is 11.2. The number of carbonyl (C=O) groups excluding carboxylic acids is 1. The first kappa shape index (κ1) is 30.4. The SMILES string of the molecule is COc1ccc(N(CC(=O)N/N=C\c2ccc(OCc3ccccc3)c(OC)c2)S(=O)(=O)c2ccc(C)cc2)cc1Cl. The number of anilines is 1. The molecule has 1 amide bonds. The van der Waals surface area contributed by atoms with Crippen molar-refractivity contribution in [3.8, 4) is 17.2 Å². The number of amides is 1. The lowest BCUT2D eigenvalue weighted by Crippen LogP contribution is -2.39. The van der Waals surface area contributed by atoms with Crippen LogP contribution in [-0.2, 0) is 21.4 Å². The molecule has 0 radical (unpaired) electrons. The van der Waals surface area contributed by atoms with Crippen LogP contribution in [0.2, 0.25) is 5.02 Å². The van der Waals surface area contributed by atoms with Crippen LogP contribution in [0.1, 0.15) is 16.7 Å². The number of rotatable bonds is 12. The van der Waals surface area contributed by atoms with Gasteiger partial charge >= 0.3 is 0 Å². The van der Waals surface area contributed by atoms with E-state index in [1.165, 1.54) is 50.8 Å². The Kier molecular flexibility index (Phi) is 10.1. The first-order valence-corrected chi connectivity index (χ1v) is 14.6. The Bertz CT molecular complexity index is 1660. The molecule has 0 spiro atoms. The lowest BCUT2D eigenvalue weighted by molar-refractivity contribution is -0.119. The van der Waals surface area contributed by atoms with Gasteiger partial charge in [0, 0.05) is 0 Å². The van der Waals surface area contributed by atoms with Gasteiger partial charge in [-0.25, -0.2) is 13.8 Å². The van der Waals surface area contributed by atoms with Crippen molar-refractivity contribution in [1.82, 2.24) is 5.43 Å². The Morgan fingerprint density at radius 1 is 0.905 bits per heavy atom. The molecule has 0 aliphatic carbocycles. The third-order valence-corrected chi connectivity index (χ3v) is 8.23. The van der Waals surface area contributed by atoms with Gasteiger partial charge in [-0.3, -0.25) is 9.10 Å². The standard InChI is InChI=1S/C31H30ClN3O6S/c1-22-9-13-26(14-10-22)42(37,38)35(25-12-16-28(39-2)27(32)18-25)20-31(36)34-33-19-24-11-15-29(30(17-24)40-3)41-21-23-7-5-4-6-8-23/h4-19H,20-21H2,1-3H3,(H,34,36)/b33-19-. The molecular weight excluding hydrogens is 578 g/mol. The fourth-order valence-corrected chi connectivity index (χ4v) is 5.59. The minimum Gasteiger partial charge on any atom is -0.495 e. The van der Waals surface area contributed by atoms with Crippen molar-refractivity contribution >= 4 is 39.4 Å². The predicted molar refractivity (Wildman–Crippen MR) is 163 cm³/mol. The first-order valence-electron chi connectivity index (χ1n) is 12.8. The lowest BCUT2D eigenvalue weighted by atomic mass is 10.2. The van der Waals surface area contributed by atoms with Crippen molar-refractivity contribution in [2.75, 3.05) is 25.1 Å². The number of nitrogens with zero attached hydrogens (tertiary/aromatic N) is 2. The van der Waals surface area contributed by atoms with Gasteiger partial charge < -0.3 is 14.2 Å². The molecule has 0 unspecified atom stereocenters. The van der Waals surface area contributed by atoms with E-state index in [0.717, 1.165) is 15.4 Å². The summed E-state index contributed by atoms with van der Waals surface area (Å²) in [5, 5.41) is 4.21. The van der Waals surface area contributed by atoms with E-state index >= 15 is 0 Å². The number of methoxy groups -OCH3 is 2. The van der Waals surface area contributed by atoms with E-state index in [9.17, 15) is 13.2 Å². The number of hydrazone groups is 1. The van der Waals surface area contributed by atoms with Gasteiger partial charge in [0.2, 0.25) is 0 Å². The van der Waals surface area contributed by atoms with Crippen molar-refractivity contribution in [3.63, 3.8) is 0 Å². The van der Waals surface area contributed by atoms with E-state index in [0.29, 0.717) is 29.4 Å². The molecule has 4 rings (SSSR count). The molecule has 218 valence electrons. The number of hydrogen-bond acceptors (Lipinski definition) is 7. The second-order valence-corrected chi connectivity index (χ2v) is 11.4. The maximum absolute atomic E-state index is 13.6. The van der Waals surface area contributed by atoms with Gasteiger partial charge in [0.1, 0.15) is 18.9 Å². The Hall–Kier alpha value is -4.54. The fourth-order valence-electron chi connectivity index (χ4n) is 3.93. The van der Waals surface area contributed by atoms with Crippen LogP contribution >= 0.6 is 11.6 Å². The smallest absolute Gasteiger partial charge is 0.264 e. The highest BCUT2D eigenvalue weighted by Gasteiger charge is 2.28. The minimum absolute atomic E-state index is 0.0259. The Morgan fingerprint density at radius 2 is 1.60 bits per heavy atom. The summed E-state index contributed by atoms with van der Waals surface area (Å²) < 4.78 is 44.7. The summed E-state index contributed by atoms with van der Waals surface area (Å²) in [5.74, 6) is 0.753. The second-order valence-electron chi connectivity index (χ2n) is 9.12. The Balaban J connectivity index is 1.49. The molecular formula is C31H30ClN3O6S. The van der Waals surface area contributed by atoms with Gasteiger partial charge in [-0.15, -0.1) is 0 Å². The molecule has 0 saturated heterocycles. The molecule has 4 aromatic carbocycles. The van der Waals surface area contributed by atoms with Crippen molar-refractivity contribution < 1.29 is 27.4 Å². The molecule has 1 N–H and O–H groups in total. The van der Waals surface area contributed by atoms with Crippen molar-refractivity contribution in [1.29, 1.82) is 0 Å².